The predicted molar refractivity (Wildman–Crippen MR) is 131 cm³/mol. The Labute approximate surface area is 195 Å². The van der Waals surface area contributed by atoms with Gasteiger partial charge in [0.2, 0.25) is 0 Å². The van der Waals surface area contributed by atoms with Crippen LogP contribution in [0.4, 0.5) is 5.69 Å². The highest BCUT2D eigenvalue weighted by molar-refractivity contribution is 7.12. The van der Waals surface area contributed by atoms with Gasteiger partial charge in [-0.1, -0.05) is 48.0 Å². The number of imide groups is 1. The Bertz CT molecular complexity index is 1310. The van der Waals surface area contributed by atoms with Gasteiger partial charge in [-0.2, -0.15) is 0 Å². The Morgan fingerprint density at radius 3 is 2.15 bits per heavy atom. The molecule has 33 heavy (non-hydrogen) atoms. The molecule has 3 aromatic carbocycles. The van der Waals surface area contributed by atoms with Crippen molar-refractivity contribution >= 4 is 45.5 Å². The van der Waals surface area contributed by atoms with E-state index in [9.17, 15) is 14.4 Å². The third-order valence-corrected chi connectivity index (χ3v) is 6.80. The Hall–Kier alpha value is -3.77. The predicted octanol–water partition coefficient (Wildman–Crippen LogP) is 5.54. The van der Waals surface area contributed by atoms with Gasteiger partial charge in [0.25, 0.3) is 17.7 Å². The number of carbonyl (C=O) groups is 3. The van der Waals surface area contributed by atoms with Crippen molar-refractivity contribution < 1.29 is 14.4 Å². The summed E-state index contributed by atoms with van der Waals surface area (Å²) in [5, 5.41) is 3.49. The zero-order valence-corrected chi connectivity index (χ0v) is 19.0. The maximum absolute atomic E-state index is 13.2. The van der Waals surface area contributed by atoms with E-state index in [4.69, 9.17) is 0 Å². The summed E-state index contributed by atoms with van der Waals surface area (Å²) in [4.78, 5) is 43.1. The molecule has 0 spiro atoms. The molecule has 0 bridgehead atoms. The molecule has 0 aliphatic carbocycles. The zero-order chi connectivity index (χ0) is 22.9. The third kappa shape index (κ3) is 3.83. The van der Waals surface area contributed by atoms with Crippen molar-refractivity contribution in [1.29, 1.82) is 0 Å². The summed E-state index contributed by atoms with van der Waals surface area (Å²) in [6, 6.07) is 22.5. The van der Waals surface area contributed by atoms with Crippen LogP contribution in [0.25, 0.3) is 10.8 Å². The molecule has 5 rings (SSSR count). The molecular weight excluding hydrogens is 432 g/mol. The number of benzene rings is 3. The van der Waals surface area contributed by atoms with E-state index in [0.29, 0.717) is 29.0 Å². The molecule has 0 saturated carbocycles. The van der Waals surface area contributed by atoms with Crippen molar-refractivity contribution in [1.82, 2.24) is 4.90 Å². The van der Waals surface area contributed by atoms with Crippen LogP contribution in [0, 0.1) is 6.92 Å². The molecule has 0 saturated heterocycles. The van der Waals surface area contributed by atoms with Crippen LogP contribution in [0.2, 0.25) is 0 Å². The largest absolute Gasteiger partial charge is 0.308 e. The van der Waals surface area contributed by atoms with Gasteiger partial charge < -0.3 is 4.90 Å². The van der Waals surface area contributed by atoms with Crippen molar-refractivity contribution in [3.63, 3.8) is 0 Å². The maximum Gasteiger partial charge on any atom is 0.268 e. The first-order valence-corrected chi connectivity index (χ1v) is 11.7. The molecule has 0 N–H and O–H groups in total. The Kier molecular flexibility index (Phi) is 5.52. The fraction of sp³-hybridized carbons (Fsp3) is 0.148. The molecule has 1 aliphatic heterocycles. The second kappa shape index (κ2) is 8.64. The van der Waals surface area contributed by atoms with Crippen molar-refractivity contribution in [3.05, 3.63) is 99.7 Å². The molecule has 2 heterocycles. The van der Waals surface area contributed by atoms with E-state index >= 15 is 0 Å². The number of hydrogen-bond donors (Lipinski definition) is 0. The zero-order valence-electron chi connectivity index (χ0n) is 18.2. The lowest BCUT2D eigenvalue weighted by molar-refractivity contribution is 0.0610. The van der Waals surface area contributed by atoms with Gasteiger partial charge in [-0.05, 0) is 54.4 Å². The molecule has 1 aliphatic rings. The van der Waals surface area contributed by atoms with Crippen LogP contribution in [0.1, 0.15) is 42.4 Å². The maximum atomic E-state index is 13.2. The molecule has 6 heteroatoms. The van der Waals surface area contributed by atoms with Gasteiger partial charge in [-0.15, -0.1) is 11.3 Å². The standard InChI is InChI=1S/C27H22N2O3S/c1-18-11-13-20(14-12-18)28(27(32)23-10-4-17-33-23)15-5-16-29-25(30)21-8-2-6-19-7-3-9-22(24(19)21)26(29)31/h2-4,6-14,17H,5,15-16H2,1H3. The fourth-order valence-corrected chi connectivity index (χ4v) is 4.95. The van der Waals surface area contributed by atoms with Crippen molar-refractivity contribution in [3.8, 4) is 0 Å². The van der Waals surface area contributed by atoms with E-state index in [0.717, 1.165) is 22.0 Å². The number of rotatable bonds is 6. The average molecular weight is 455 g/mol. The first kappa shape index (κ1) is 21.1. The summed E-state index contributed by atoms with van der Waals surface area (Å²) in [5.74, 6) is -0.646. The first-order chi connectivity index (χ1) is 16.0. The van der Waals surface area contributed by atoms with Crippen molar-refractivity contribution in [2.24, 2.45) is 0 Å². The van der Waals surface area contributed by atoms with Gasteiger partial charge in [0.15, 0.2) is 0 Å². The number of anilines is 1. The van der Waals surface area contributed by atoms with Crippen LogP contribution in [-0.4, -0.2) is 35.7 Å². The summed E-state index contributed by atoms with van der Waals surface area (Å²) in [7, 11) is 0. The van der Waals surface area contributed by atoms with Gasteiger partial charge in [0, 0.05) is 35.3 Å². The Morgan fingerprint density at radius 1 is 0.879 bits per heavy atom. The second-order valence-electron chi connectivity index (χ2n) is 8.09. The van der Waals surface area contributed by atoms with E-state index in [1.54, 1.807) is 17.0 Å². The molecule has 0 radical (unpaired) electrons. The molecule has 0 fully saturated rings. The van der Waals surface area contributed by atoms with E-state index < -0.39 is 0 Å². The van der Waals surface area contributed by atoms with Crippen LogP contribution in [0.5, 0.6) is 0 Å². The third-order valence-electron chi connectivity index (χ3n) is 5.94. The molecule has 0 atom stereocenters. The topological polar surface area (TPSA) is 57.7 Å². The van der Waals surface area contributed by atoms with Gasteiger partial charge in [0.05, 0.1) is 4.88 Å². The summed E-state index contributed by atoms with van der Waals surface area (Å²) in [5.41, 5.74) is 3.01. The quantitative estimate of drug-likeness (QED) is 0.359. The molecule has 0 unspecified atom stereocenters. The lowest BCUT2D eigenvalue weighted by Gasteiger charge is -2.28. The molecule has 1 aromatic heterocycles. The first-order valence-electron chi connectivity index (χ1n) is 10.8. The number of thiophene rings is 1. The highest BCUT2D eigenvalue weighted by Gasteiger charge is 2.32. The minimum Gasteiger partial charge on any atom is -0.308 e. The molecular formula is C27H22N2O3S. The number of amides is 3. The molecule has 164 valence electrons. The smallest absolute Gasteiger partial charge is 0.268 e. The van der Waals surface area contributed by atoms with Crippen LogP contribution in [0.3, 0.4) is 0 Å². The highest BCUT2D eigenvalue weighted by Crippen LogP contribution is 2.30. The van der Waals surface area contributed by atoms with Crippen molar-refractivity contribution in [2.75, 3.05) is 18.0 Å². The Balaban J connectivity index is 1.37. The normalized spacial score (nSPS) is 12.9. The monoisotopic (exact) mass is 454 g/mol. The van der Waals surface area contributed by atoms with Crippen LogP contribution in [-0.2, 0) is 0 Å². The van der Waals surface area contributed by atoms with E-state index in [2.05, 4.69) is 0 Å². The molecule has 3 amide bonds. The Morgan fingerprint density at radius 2 is 1.55 bits per heavy atom. The number of hydrogen-bond acceptors (Lipinski definition) is 4. The summed E-state index contributed by atoms with van der Waals surface area (Å²) in [6.07, 6.45) is 0.473. The van der Waals surface area contributed by atoms with Crippen LogP contribution in [0.15, 0.2) is 78.2 Å². The van der Waals surface area contributed by atoms with Crippen LogP contribution < -0.4 is 4.90 Å². The lowest BCUT2D eigenvalue weighted by atomic mass is 9.94. The van der Waals surface area contributed by atoms with Gasteiger partial charge >= 0.3 is 0 Å². The fourth-order valence-electron chi connectivity index (χ4n) is 4.28. The van der Waals surface area contributed by atoms with E-state index in [1.807, 2.05) is 73.0 Å². The van der Waals surface area contributed by atoms with E-state index in [-0.39, 0.29) is 24.3 Å². The van der Waals surface area contributed by atoms with Crippen LogP contribution >= 0.6 is 11.3 Å². The van der Waals surface area contributed by atoms with Gasteiger partial charge in [-0.25, -0.2) is 0 Å². The minimum absolute atomic E-state index is 0.0831. The average Bonchev–Trinajstić information content (AvgIpc) is 3.37. The van der Waals surface area contributed by atoms with Gasteiger partial charge in [0.1, 0.15) is 0 Å². The second-order valence-corrected chi connectivity index (χ2v) is 9.04. The lowest BCUT2D eigenvalue weighted by Crippen LogP contribution is -2.42. The molecule has 5 nitrogen and oxygen atoms in total. The molecule has 4 aromatic rings. The van der Waals surface area contributed by atoms with Gasteiger partial charge in [-0.3, -0.25) is 19.3 Å². The summed E-state index contributed by atoms with van der Waals surface area (Å²) >= 11 is 1.40. The van der Waals surface area contributed by atoms with Crippen molar-refractivity contribution in [2.45, 2.75) is 13.3 Å². The minimum atomic E-state index is -0.282. The number of aryl methyl sites for hydroxylation is 1. The number of nitrogens with zero attached hydrogens (tertiary/aromatic N) is 2. The van der Waals surface area contributed by atoms with E-state index in [1.165, 1.54) is 16.2 Å². The SMILES string of the molecule is Cc1ccc(N(CCCN2C(=O)c3cccc4cccc(c34)C2=O)C(=O)c2cccs2)cc1. The summed E-state index contributed by atoms with van der Waals surface area (Å²) < 4.78 is 0. The highest BCUT2D eigenvalue weighted by atomic mass is 32.1. The summed E-state index contributed by atoms with van der Waals surface area (Å²) in [6.45, 7) is 2.63. The number of carbonyl (C=O) groups excluding carboxylic acids is 3.